The highest BCUT2D eigenvalue weighted by Gasteiger charge is 2.11. The Bertz CT molecular complexity index is 185. The van der Waals surface area contributed by atoms with Gasteiger partial charge in [0.1, 0.15) is 5.84 Å². The number of hydrogen-bond donors (Lipinski definition) is 0. The molecule has 3 heteroatoms. The van der Waals surface area contributed by atoms with Crippen LogP contribution in [0.15, 0.2) is 17.3 Å². The summed E-state index contributed by atoms with van der Waals surface area (Å²) in [5, 5.41) is 0. The van der Waals surface area contributed by atoms with Crippen LogP contribution in [0.5, 0.6) is 0 Å². The summed E-state index contributed by atoms with van der Waals surface area (Å²) in [6, 6.07) is 0.402. The first kappa shape index (κ1) is 8.65. The summed E-state index contributed by atoms with van der Waals surface area (Å²) >= 11 is 1.70. The van der Waals surface area contributed by atoms with Gasteiger partial charge < -0.3 is 0 Å². The van der Waals surface area contributed by atoms with E-state index >= 15 is 0 Å². The van der Waals surface area contributed by atoms with Crippen molar-refractivity contribution in [1.82, 2.24) is 4.31 Å². The van der Waals surface area contributed by atoms with Crippen LogP contribution in [0.4, 0.5) is 0 Å². The van der Waals surface area contributed by atoms with E-state index in [2.05, 4.69) is 41.7 Å². The molecule has 1 heterocycles. The fourth-order valence-corrected chi connectivity index (χ4v) is 1.54. The van der Waals surface area contributed by atoms with Crippen LogP contribution in [0.3, 0.4) is 0 Å². The molecular weight excluding hydrogens is 156 g/mol. The number of aliphatic imine (C=N–C) groups is 1. The number of hydrogen-bond acceptors (Lipinski definition) is 2. The van der Waals surface area contributed by atoms with E-state index in [0.29, 0.717) is 6.04 Å². The van der Waals surface area contributed by atoms with E-state index in [1.54, 1.807) is 11.9 Å². The van der Waals surface area contributed by atoms with Crippen molar-refractivity contribution in [3.63, 3.8) is 0 Å². The molecule has 0 aromatic rings. The average Bonchev–Trinajstić information content (AvgIpc) is 2.34. The van der Waals surface area contributed by atoms with Crippen LogP contribution in [0, 0.1) is 0 Å². The van der Waals surface area contributed by atoms with E-state index in [1.807, 2.05) is 0 Å². The summed E-state index contributed by atoms with van der Waals surface area (Å²) in [5.74, 6) is 1.17. The minimum atomic E-state index is 0.402. The number of amidine groups is 1. The molecule has 1 aliphatic heterocycles. The van der Waals surface area contributed by atoms with E-state index in [9.17, 15) is 0 Å². The van der Waals surface area contributed by atoms with E-state index in [-0.39, 0.29) is 0 Å². The van der Waals surface area contributed by atoms with Gasteiger partial charge in [-0.15, -0.1) is 0 Å². The summed E-state index contributed by atoms with van der Waals surface area (Å²) < 4.78 is 2.11. The van der Waals surface area contributed by atoms with E-state index in [1.165, 1.54) is 5.84 Å². The lowest BCUT2D eigenvalue weighted by Crippen LogP contribution is -2.14. The molecule has 0 saturated heterocycles. The van der Waals surface area contributed by atoms with Crippen LogP contribution in [0.2, 0.25) is 0 Å². The van der Waals surface area contributed by atoms with Gasteiger partial charge in [0.25, 0.3) is 0 Å². The molecule has 1 rings (SSSR count). The van der Waals surface area contributed by atoms with Crippen molar-refractivity contribution < 1.29 is 0 Å². The van der Waals surface area contributed by atoms with Gasteiger partial charge in [0.15, 0.2) is 0 Å². The maximum absolute atomic E-state index is 4.49. The number of rotatable bonds is 2. The molecule has 11 heavy (non-hydrogen) atoms. The summed E-state index contributed by atoms with van der Waals surface area (Å²) in [6.45, 7) is 4.20. The molecule has 0 spiro atoms. The lowest BCUT2D eigenvalue weighted by Gasteiger charge is -2.13. The first-order chi connectivity index (χ1) is 5.24. The Morgan fingerprint density at radius 1 is 1.64 bits per heavy atom. The second-order valence-electron chi connectivity index (χ2n) is 2.74. The van der Waals surface area contributed by atoms with Crippen molar-refractivity contribution in [3.8, 4) is 0 Å². The van der Waals surface area contributed by atoms with Gasteiger partial charge in [-0.3, -0.25) is 9.30 Å². The zero-order valence-electron chi connectivity index (χ0n) is 7.24. The van der Waals surface area contributed by atoms with Crippen molar-refractivity contribution >= 4 is 17.8 Å². The van der Waals surface area contributed by atoms with Gasteiger partial charge in [-0.25, -0.2) is 0 Å². The molecule has 0 N–H and O–H groups in total. The lowest BCUT2D eigenvalue weighted by molar-refractivity contribution is 0.802. The molecule has 0 aliphatic carbocycles. The molecule has 0 aromatic carbocycles. The van der Waals surface area contributed by atoms with Crippen LogP contribution in [0.1, 0.15) is 20.3 Å². The highest BCUT2D eigenvalue weighted by molar-refractivity contribution is 7.96. The van der Waals surface area contributed by atoms with Crippen LogP contribution in [-0.2, 0) is 0 Å². The Balaban J connectivity index is 2.60. The van der Waals surface area contributed by atoms with Crippen molar-refractivity contribution in [1.29, 1.82) is 0 Å². The quantitative estimate of drug-likeness (QED) is 0.591. The largest absolute Gasteiger partial charge is 0.280 e. The third-order valence-corrected chi connectivity index (χ3v) is 2.13. The fourth-order valence-electron chi connectivity index (χ4n) is 1.00. The normalized spacial score (nSPS) is 20.7. The van der Waals surface area contributed by atoms with Crippen molar-refractivity contribution in [2.75, 3.05) is 6.26 Å². The Morgan fingerprint density at radius 2 is 2.36 bits per heavy atom. The SMILES string of the molecule is CSN1C=CCC1=NC(C)C. The predicted octanol–water partition coefficient (Wildman–Crippen LogP) is 2.29. The van der Waals surface area contributed by atoms with Gasteiger partial charge in [-0.05, 0) is 25.8 Å². The predicted molar refractivity (Wildman–Crippen MR) is 51.7 cm³/mol. The smallest absolute Gasteiger partial charge is 0.117 e. The van der Waals surface area contributed by atoms with Gasteiger partial charge >= 0.3 is 0 Å². The first-order valence-electron chi connectivity index (χ1n) is 3.80. The van der Waals surface area contributed by atoms with E-state index < -0.39 is 0 Å². The zero-order valence-corrected chi connectivity index (χ0v) is 8.06. The second kappa shape index (κ2) is 3.81. The van der Waals surface area contributed by atoms with Crippen LogP contribution < -0.4 is 0 Å². The minimum Gasteiger partial charge on any atom is -0.280 e. The fraction of sp³-hybridized carbons (Fsp3) is 0.625. The Kier molecular flexibility index (Phi) is 3.00. The van der Waals surface area contributed by atoms with Crippen LogP contribution >= 0.6 is 11.9 Å². The minimum absolute atomic E-state index is 0.402. The van der Waals surface area contributed by atoms with Gasteiger partial charge in [-0.1, -0.05) is 6.08 Å². The maximum Gasteiger partial charge on any atom is 0.117 e. The Labute approximate surface area is 72.5 Å². The summed E-state index contributed by atoms with van der Waals surface area (Å²) in [7, 11) is 0. The molecule has 0 radical (unpaired) electrons. The van der Waals surface area contributed by atoms with Gasteiger partial charge in [0.05, 0.1) is 0 Å². The number of nitrogens with zero attached hydrogens (tertiary/aromatic N) is 2. The van der Waals surface area contributed by atoms with Crippen molar-refractivity contribution in [2.24, 2.45) is 4.99 Å². The van der Waals surface area contributed by atoms with E-state index in [4.69, 9.17) is 0 Å². The third-order valence-electron chi connectivity index (χ3n) is 1.40. The molecule has 2 nitrogen and oxygen atoms in total. The Morgan fingerprint density at radius 3 is 2.91 bits per heavy atom. The molecule has 0 fully saturated rings. The third kappa shape index (κ3) is 2.26. The van der Waals surface area contributed by atoms with Crippen LogP contribution in [0.25, 0.3) is 0 Å². The molecule has 62 valence electrons. The molecule has 0 atom stereocenters. The molecule has 0 amide bonds. The molecule has 0 saturated carbocycles. The molecule has 0 bridgehead atoms. The molecule has 1 aliphatic rings. The molecule has 0 aromatic heterocycles. The monoisotopic (exact) mass is 170 g/mol. The summed E-state index contributed by atoms with van der Waals surface area (Å²) in [5.41, 5.74) is 0. The zero-order chi connectivity index (χ0) is 8.27. The van der Waals surface area contributed by atoms with Gasteiger partial charge in [0.2, 0.25) is 0 Å². The summed E-state index contributed by atoms with van der Waals surface area (Å²) in [4.78, 5) is 4.49. The average molecular weight is 170 g/mol. The topological polar surface area (TPSA) is 15.6 Å². The molecule has 0 unspecified atom stereocenters. The van der Waals surface area contributed by atoms with E-state index in [0.717, 1.165) is 6.42 Å². The highest BCUT2D eigenvalue weighted by Crippen LogP contribution is 2.17. The lowest BCUT2D eigenvalue weighted by atomic mass is 10.4. The van der Waals surface area contributed by atoms with Gasteiger partial charge in [-0.2, -0.15) is 0 Å². The maximum atomic E-state index is 4.49. The Hall–Kier alpha value is -0.440. The summed E-state index contributed by atoms with van der Waals surface area (Å²) in [6.07, 6.45) is 7.26. The van der Waals surface area contributed by atoms with Gasteiger partial charge in [0, 0.05) is 24.9 Å². The molecular formula is C8H14N2S. The van der Waals surface area contributed by atoms with Crippen LogP contribution in [-0.4, -0.2) is 22.4 Å². The van der Waals surface area contributed by atoms with Crippen molar-refractivity contribution in [3.05, 3.63) is 12.3 Å². The van der Waals surface area contributed by atoms with Crippen molar-refractivity contribution in [2.45, 2.75) is 26.3 Å². The first-order valence-corrected chi connectivity index (χ1v) is 4.99. The standard InChI is InChI=1S/C8H14N2S/c1-7(2)9-8-5-4-6-10(8)11-3/h4,6-7H,5H2,1-3H3. The highest BCUT2D eigenvalue weighted by atomic mass is 32.2. The second-order valence-corrected chi connectivity index (χ2v) is 3.49.